The molecule has 0 atom stereocenters. The Morgan fingerprint density at radius 1 is 0.648 bits per heavy atom. The second kappa shape index (κ2) is 17.0. The predicted molar refractivity (Wildman–Crippen MR) is 199 cm³/mol. The zero-order valence-corrected chi connectivity index (χ0v) is 32.7. The highest BCUT2D eigenvalue weighted by Gasteiger charge is 2.53. The van der Waals surface area contributed by atoms with E-state index in [1.54, 1.807) is 69.7 Å². The first kappa shape index (κ1) is 41.8. The van der Waals surface area contributed by atoms with Crippen molar-refractivity contribution in [2.75, 3.05) is 54.6 Å². The zero-order chi connectivity index (χ0) is 38.6. The molecule has 17 heteroatoms. The highest BCUT2D eigenvalue weighted by atomic mass is 35.5. The van der Waals surface area contributed by atoms with Gasteiger partial charge >= 0.3 is 18.2 Å². The van der Waals surface area contributed by atoms with Crippen LogP contribution < -0.4 is 34.9 Å². The van der Waals surface area contributed by atoms with Crippen LogP contribution in [0.4, 0.5) is 14.4 Å². The Balaban J connectivity index is 0.000000244. The van der Waals surface area contributed by atoms with Crippen LogP contribution in [0.2, 0.25) is 0 Å². The van der Waals surface area contributed by atoms with Crippen LogP contribution >= 0.6 is 12.4 Å². The van der Waals surface area contributed by atoms with Crippen molar-refractivity contribution in [3.63, 3.8) is 0 Å². The molecule has 0 bridgehead atoms. The fourth-order valence-electron chi connectivity index (χ4n) is 6.85. The minimum Gasteiger partial charge on any atom is -0.497 e. The molecule has 4 aliphatic rings. The lowest BCUT2D eigenvalue weighted by Crippen LogP contribution is -2.56. The van der Waals surface area contributed by atoms with Crippen molar-refractivity contribution in [1.82, 2.24) is 30.7 Å². The topological polar surface area (TPSA) is 177 Å². The first-order valence-corrected chi connectivity index (χ1v) is 17.6. The van der Waals surface area contributed by atoms with Gasteiger partial charge in [0.15, 0.2) is 0 Å². The fourth-order valence-corrected chi connectivity index (χ4v) is 6.85. The molecule has 16 nitrogen and oxygen atoms in total. The number of hydrogen-bond donors (Lipinski definition) is 3. The molecule has 296 valence electrons. The number of nitrogens with zero attached hydrogens (tertiary/aromatic N) is 3. The van der Waals surface area contributed by atoms with E-state index in [2.05, 4.69) is 16.0 Å². The number of amides is 7. The van der Waals surface area contributed by atoms with Gasteiger partial charge in [0.1, 0.15) is 39.7 Å². The summed E-state index contributed by atoms with van der Waals surface area (Å²) in [5.41, 5.74) is -0.809. The Morgan fingerprint density at radius 2 is 1.02 bits per heavy atom. The molecule has 2 spiro atoms. The Kier molecular flexibility index (Phi) is 13.2. The normalized spacial score (nSPS) is 18.7. The van der Waals surface area contributed by atoms with E-state index < -0.39 is 28.8 Å². The average molecular weight is 775 g/mol. The summed E-state index contributed by atoms with van der Waals surface area (Å²) >= 11 is 0. The van der Waals surface area contributed by atoms with Crippen LogP contribution in [-0.4, -0.2) is 116 Å². The third-order valence-electron chi connectivity index (χ3n) is 9.72. The van der Waals surface area contributed by atoms with Gasteiger partial charge < -0.3 is 44.5 Å². The molecule has 2 aromatic carbocycles. The molecule has 4 fully saturated rings. The summed E-state index contributed by atoms with van der Waals surface area (Å²) in [6, 6.07) is 9.84. The standard InChI is InChI=1S/C21H29N3O6.C16H21N3O4.ClH/c1-20(2,3)30-19(27)23-8-6-21(7-9-23)17(25)24(18(26)22-21)13-14-10-15(28-4)12-16(11-14)29-5;1-22-12-7-11(8-13(9-12)23-2)10-19-14(20)16(18-15(19)21)3-5-17-6-4-16;/h10-12H,6-9,13H2,1-5H3,(H,22,26);7-9,17H,3-6,10H2,1-2H3,(H,18,21);1H. The molecule has 7 amide bonds. The van der Waals surface area contributed by atoms with E-state index in [9.17, 15) is 24.0 Å². The lowest BCUT2D eigenvalue weighted by atomic mass is 9.87. The lowest BCUT2D eigenvalue weighted by molar-refractivity contribution is -0.133. The van der Waals surface area contributed by atoms with Crippen LogP contribution in [0.5, 0.6) is 23.0 Å². The van der Waals surface area contributed by atoms with Crippen molar-refractivity contribution >= 4 is 42.4 Å². The molecule has 3 N–H and O–H groups in total. The van der Waals surface area contributed by atoms with E-state index >= 15 is 0 Å². The predicted octanol–water partition coefficient (Wildman–Crippen LogP) is 3.82. The van der Waals surface area contributed by atoms with Gasteiger partial charge in [-0.1, -0.05) is 0 Å². The number of carbonyl (C=O) groups excluding carboxylic acids is 5. The van der Waals surface area contributed by atoms with Gasteiger partial charge in [0.25, 0.3) is 11.8 Å². The zero-order valence-electron chi connectivity index (χ0n) is 31.9. The van der Waals surface area contributed by atoms with Gasteiger partial charge in [0, 0.05) is 25.2 Å². The van der Waals surface area contributed by atoms with Crippen LogP contribution in [0.15, 0.2) is 36.4 Å². The fraction of sp³-hybridized carbons (Fsp3) is 0.541. The maximum Gasteiger partial charge on any atom is 0.410 e. The van der Waals surface area contributed by atoms with E-state index in [0.717, 1.165) is 24.2 Å². The number of hydrogen-bond acceptors (Lipinski definition) is 11. The number of rotatable bonds is 8. The molecule has 6 rings (SSSR count). The first-order chi connectivity index (χ1) is 25.1. The van der Waals surface area contributed by atoms with E-state index in [1.807, 2.05) is 20.8 Å². The Bertz CT molecular complexity index is 1670. The summed E-state index contributed by atoms with van der Waals surface area (Å²) in [7, 11) is 6.21. The van der Waals surface area contributed by atoms with E-state index in [4.69, 9.17) is 23.7 Å². The van der Waals surface area contributed by atoms with Crippen molar-refractivity contribution in [1.29, 1.82) is 0 Å². The van der Waals surface area contributed by atoms with Gasteiger partial charge in [-0.3, -0.25) is 19.4 Å². The molecule has 4 saturated heterocycles. The van der Waals surface area contributed by atoms with Gasteiger partial charge in [-0.2, -0.15) is 0 Å². The summed E-state index contributed by atoms with van der Waals surface area (Å²) in [5.74, 6) is 1.99. The summed E-state index contributed by atoms with van der Waals surface area (Å²) in [6.07, 6.45) is 1.52. The van der Waals surface area contributed by atoms with Crippen LogP contribution in [0.25, 0.3) is 0 Å². The van der Waals surface area contributed by atoms with E-state index in [0.29, 0.717) is 61.8 Å². The maximum absolute atomic E-state index is 13.2. The average Bonchev–Trinajstić information content (AvgIpc) is 3.49. The quantitative estimate of drug-likeness (QED) is 0.333. The lowest BCUT2D eigenvalue weighted by Gasteiger charge is -2.37. The number of methoxy groups -OCH3 is 4. The highest BCUT2D eigenvalue weighted by Crippen LogP contribution is 2.33. The molecule has 54 heavy (non-hydrogen) atoms. The first-order valence-electron chi connectivity index (χ1n) is 17.6. The van der Waals surface area contributed by atoms with Crippen LogP contribution in [0.3, 0.4) is 0 Å². The van der Waals surface area contributed by atoms with Crippen molar-refractivity contribution in [3.05, 3.63) is 47.5 Å². The Morgan fingerprint density at radius 3 is 1.37 bits per heavy atom. The number of urea groups is 2. The van der Waals surface area contributed by atoms with E-state index in [1.165, 1.54) is 9.80 Å². The van der Waals surface area contributed by atoms with Crippen molar-refractivity contribution in [2.24, 2.45) is 0 Å². The number of nitrogens with one attached hydrogen (secondary N) is 3. The Labute approximate surface area is 321 Å². The summed E-state index contributed by atoms with van der Waals surface area (Å²) in [6.45, 7) is 7.86. The SMILES string of the molecule is COc1cc(CN2C(=O)NC3(CCN(C(=O)OC(C)(C)C)CC3)C2=O)cc(OC)c1.COc1cc(CN2C(=O)NC3(CCNCC3)C2=O)cc(OC)c1.Cl. The van der Waals surface area contributed by atoms with Crippen LogP contribution in [-0.2, 0) is 27.4 Å². The number of halogens is 1. The number of likely N-dealkylation sites (tertiary alicyclic amines) is 1. The van der Waals surface area contributed by atoms with Gasteiger partial charge in [0.2, 0.25) is 0 Å². The second-order valence-electron chi connectivity index (χ2n) is 14.5. The molecule has 4 heterocycles. The third-order valence-corrected chi connectivity index (χ3v) is 9.72. The molecule has 4 aliphatic heterocycles. The minimum absolute atomic E-state index is 0. The number of imide groups is 2. The van der Waals surface area contributed by atoms with Gasteiger partial charge in [-0.25, -0.2) is 14.4 Å². The van der Waals surface area contributed by atoms with Crippen LogP contribution in [0.1, 0.15) is 57.6 Å². The highest BCUT2D eigenvalue weighted by molar-refractivity contribution is 6.07. The Hall–Kier alpha value is -4.96. The second-order valence-corrected chi connectivity index (χ2v) is 14.5. The summed E-state index contributed by atoms with van der Waals surface area (Å²) < 4.78 is 26.4. The van der Waals surface area contributed by atoms with E-state index in [-0.39, 0.29) is 43.3 Å². The van der Waals surface area contributed by atoms with Crippen molar-refractivity contribution in [3.8, 4) is 23.0 Å². The maximum atomic E-state index is 13.2. The van der Waals surface area contributed by atoms with Gasteiger partial charge in [-0.05, 0) is 94.9 Å². The van der Waals surface area contributed by atoms with Crippen molar-refractivity contribution < 1.29 is 47.7 Å². The molecule has 0 saturated carbocycles. The molecule has 0 radical (unpaired) electrons. The summed E-state index contributed by atoms with van der Waals surface area (Å²) in [4.78, 5) is 67.1. The molecule has 2 aromatic rings. The van der Waals surface area contributed by atoms with Gasteiger partial charge in [0.05, 0.1) is 41.5 Å². The van der Waals surface area contributed by atoms with Crippen molar-refractivity contribution in [2.45, 2.75) is 76.2 Å². The number of benzene rings is 2. The number of ether oxygens (including phenoxy) is 5. The minimum atomic E-state index is -0.988. The smallest absolute Gasteiger partial charge is 0.410 e. The monoisotopic (exact) mass is 774 g/mol. The molecule has 0 aromatic heterocycles. The number of piperidine rings is 2. The van der Waals surface area contributed by atoms with Crippen LogP contribution in [0, 0.1) is 0 Å². The largest absolute Gasteiger partial charge is 0.497 e. The molecular formula is C37H51ClN6O10. The molecule has 0 aliphatic carbocycles. The third kappa shape index (κ3) is 9.21. The summed E-state index contributed by atoms with van der Waals surface area (Å²) in [5, 5.41) is 8.94. The molecule has 0 unspecified atom stereocenters. The molecular weight excluding hydrogens is 724 g/mol. The number of carbonyl (C=O) groups is 5. The van der Waals surface area contributed by atoms with Gasteiger partial charge in [-0.15, -0.1) is 12.4 Å².